The molecular formula is Co2O2. The Morgan fingerprint density at radius 1 is 0.750 bits per heavy atom. The first-order valence-electron chi connectivity index (χ1n) is 0. The van der Waals surface area contributed by atoms with Crippen molar-refractivity contribution in [2.45, 2.75) is 0 Å². The van der Waals surface area contributed by atoms with Gasteiger partial charge < -0.3 is 11.0 Å². The molecule has 0 N–H and O–H groups in total. The van der Waals surface area contributed by atoms with Crippen LogP contribution in [-0.4, -0.2) is 0 Å². The van der Waals surface area contributed by atoms with E-state index in [0.29, 0.717) is 0 Å². The van der Waals surface area contributed by atoms with Gasteiger partial charge in [-0.15, -0.1) is 0 Å². The van der Waals surface area contributed by atoms with Crippen LogP contribution in [-0.2, 0) is 44.5 Å². The molecule has 0 saturated carbocycles. The van der Waals surface area contributed by atoms with Crippen LogP contribution in [0.25, 0.3) is 0 Å². The molecule has 4 heteroatoms. The topological polar surface area (TPSA) is 57.0 Å². The van der Waals surface area contributed by atoms with E-state index in [4.69, 9.17) is 0 Å². The minimum Gasteiger partial charge on any atom is -2.00 e. The van der Waals surface area contributed by atoms with Crippen molar-refractivity contribution in [1.29, 1.82) is 0 Å². The van der Waals surface area contributed by atoms with Crippen LogP contribution in [0.1, 0.15) is 0 Å². The summed E-state index contributed by atoms with van der Waals surface area (Å²) in [5.74, 6) is 0. The summed E-state index contributed by atoms with van der Waals surface area (Å²) in [5.41, 5.74) is 0. The van der Waals surface area contributed by atoms with E-state index in [1.54, 1.807) is 0 Å². The van der Waals surface area contributed by atoms with Crippen LogP contribution >= 0.6 is 0 Å². The van der Waals surface area contributed by atoms with Crippen LogP contribution < -0.4 is 0 Å². The third kappa shape index (κ3) is 12.6. The summed E-state index contributed by atoms with van der Waals surface area (Å²) in [4.78, 5) is 0. The Labute approximate surface area is 45.0 Å². The molecule has 0 aromatic carbocycles. The van der Waals surface area contributed by atoms with E-state index in [2.05, 4.69) is 0 Å². The summed E-state index contributed by atoms with van der Waals surface area (Å²) in [7, 11) is 0. The van der Waals surface area contributed by atoms with E-state index in [1.807, 2.05) is 0 Å². The van der Waals surface area contributed by atoms with Crippen LogP contribution in [0.2, 0.25) is 0 Å². The molecule has 0 bridgehead atoms. The smallest absolute Gasteiger partial charge is 2.00 e. The predicted molar refractivity (Wildman–Crippen MR) is 1.37 cm³/mol. The third-order valence-electron chi connectivity index (χ3n) is 0. The normalized spacial score (nSPS) is 0. The van der Waals surface area contributed by atoms with Gasteiger partial charge in [-0.25, -0.2) is 0 Å². The maximum Gasteiger partial charge on any atom is 4.00 e. The van der Waals surface area contributed by atoms with Gasteiger partial charge in [-0.2, -0.15) is 0 Å². The second kappa shape index (κ2) is 38.9. The molecule has 0 fully saturated rings. The van der Waals surface area contributed by atoms with Crippen molar-refractivity contribution >= 4 is 0 Å². The van der Waals surface area contributed by atoms with Crippen LogP contribution in [0.5, 0.6) is 0 Å². The molecular weight excluding hydrogens is 150 g/mol. The Bertz CT molecular complexity index is 4.00. The Balaban J connectivity index is 0. The maximum atomic E-state index is 0. The Hall–Kier alpha value is 0.933. The second-order valence-electron chi connectivity index (χ2n) is 0. The molecule has 0 aliphatic rings. The summed E-state index contributed by atoms with van der Waals surface area (Å²) in [5, 5.41) is 0. The first-order valence-corrected chi connectivity index (χ1v) is 0. The van der Waals surface area contributed by atoms with E-state index in [1.165, 1.54) is 0 Å². The largest absolute Gasteiger partial charge is 4.00 e. The Kier molecular flexibility index (Phi) is 852. The van der Waals surface area contributed by atoms with Crippen LogP contribution in [0.4, 0.5) is 0 Å². The summed E-state index contributed by atoms with van der Waals surface area (Å²) in [6, 6.07) is 0. The van der Waals surface area contributed by atoms with Gasteiger partial charge in [0, 0.05) is 16.8 Å². The molecule has 0 saturated heterocycles. The fourth-order valence-corrected chi connectivity index (χ4v) is 0. The molecule has 0 rings (SSSR count). The standard InChI is InChI=1S/2Co.2O/q;+4;2*-2. The molecule has 0 unspecified atom stereocenters. The molecule has 0 aliphatic carbocycles. The minimum absolute atomic E-state index is 0. The van der Waals surface area contributed by atoms with Crippen LogP contribution in [0.15, 0.2) is 0 Å². The van der Waals surface area contributed by atoms with Crippen molar-refractivity contribution in [3.05, 3.63) is 0 Å². The summed E-state index contributed by atoms with van der Waals surface area (Å²) in [6.07, 6.45) is 0. The van der Waals surface area contributed by atoms with E-state index < -0.39 is 0 Å². The van der Waals surface area contributed by atoms with Gasteiger partial charge in [-0.1, -0.05) is 0 Å². The first-order chi connectivity index (χ1) is 0. The number of rotatable bonds is 0. The van der Waals surface area contributed by atoms with Gasteiger partial charge in [-0.05, 0) is 0 Å². The number of hydrogen-bond donors (Lipinski definition) is 0. The number of hydrogen-bond acceptors (Lipinski definition) is 0. The van der Waals surface area contributed by atoms with Crippen molar-refractivity contribution in [2.24, 2.45) is 0 Å². The van der Waals surface area contributed by atoms with Crippen molar-refractivity contribution in [3.63, 3.8) is 0 Å². The van der Waals surface area contributed by atoms with Gasteiger partial charge in [0.25, 0.3) is 0 Å². The molecule has 4 heavy (non-hydrogen) atoms. The molecule has 30 valence electrons. The van der Waals surface area contributed by atoms with Crippen molar-refractivity contribution in [2.75, 3.05) is 0 Å². The zero-order valence-electron chi connectivity index (χ0n) is 1.48. The van der Waals surface area contributed by atoms with E-state index in [0.717, 1.165) is 0 Å². The third-order valence-corrected chi connectivity index (χ3v) is 0. The van der Waals surface area contributed by atoms with Crippen molar-refractivity contribution < 1.29 is 44.5 Å². The monoisotopic (exact) mass is 150 g/mol. The van der Waals surface area contributed by atoms with Gasteiger partial charge in [-0.3, -0.25) is 0 Å². The van der Waals surface area contributed by atoms with Gasteiger partial charge in [0.1, 0.15) is 0 Å². The van der Waals surface area contributed by atoms with E-state index in [9.17, 15) is 0 Å². The molecule has 2 radical (unpaired) electrons. The Morgan fingerprint density at radius 2 is 0.750 bits per heavy atom. The molecule has 0 spiro atoms. The van der Waals surface area contributed by atoms with Gasteiger partial charge >= 0.3 is 16.8 Å². The molecule has 0 aromatic rings. The summed E-state index contributed by atoms with van der Waals surface area (Å²) < 4.78 is 0. The second-order valence-corrected chi connectivity index (χ2v) is 0. The minimum atomic E-state index is 0. The maximum absolute atomic E-state index is 0. The Morgan fingerprint density at radius 3 is 0.750 bits per heavy atom. The van der Waals surface area contributed by atoms with Gasteiger partial charge in [0.05, 0.1) is 0 Å². The molecule has 0 amide bonds. The van der Waals surface area contributed by atoms with Gasteiger partial charge in [0.15, 0.2) is 0 Å². The molecule has 2 nitrogen and oxygen atoms in total. The van der Waals surface area contributed by atoms with Crippen molar-refractivity contribution in [3.8, 4) is 0 Å². The average Bonchev–Trinajstić information content (AvgIpc) is 0. The molecule has 0 aliphatic heterocycles. The fraction of sp³-hybridized carbons (Fsp3) is 0. The summed E-state index contributed by atoms with van der Waals surface area (Å²) in [6.45, 7) is 0. The molecule has 0 atom stereocenters. The average molecular weight is 150 g/mol. The SMILES string of the molecule is [Co+4].[Co].[O-2].[O-2]. The van der Waals surface area contributed by atoms with Crippen LogP contribution in [0, 0.1) is 0 Å². The fourth-order valence-electron chi connectivity index (χ4n) is 0. The van der Waals surface area contributed by atoms with E-state index in [-0.39, 0.29) is 44.5 Å². The predicted octanol–water partition coefficient (Wildman–Crippen LogP) is -0.243. The molecule has 0 heterocycles. The zero-order valence-corrected chi connectivity index (χ0v) is 3.57. The van der Waals surface area contributed by atoms with E-state index >= 15 is 0 Å². The zero-order chi connectivity index (χ0) is 0. The van der Waals surface area contributed by atoms with Crippen LogP contribution in [0.3, 0.4) is 0 Å². The van der Waals surface area contributed by atoms with Gasteiger partial charge in [0.2, 0.25) is 0 Å². The molecule has 0 aromatic heterocycles. The van der Waals surface area contributed by atoms with Crippen molar-refractivity contribution in [1.82, 2.24) is 0 Å². The first kappa shape index (κ1) is 87.7. The summed E-state index contributed by atoms with van der Waals surface area (Å²) >= 11 is 0. The quantitative estimate of drug-likeness (QED) is 0.457.